The number of carbonyl (C=O) groups is 3. The third-order valence-corrected chi connectivity index (χ3v) is 3.55. The number of likely N-dealkylation sites (N-methyl/N-ethyl adjacent to an activating group) is 1. The topological polar surface area (TPSA) is 77.9 Å². The number of amides is 2. The van der Waals surface area contributed by atoms with Gasteiger partial charge in [-0.1, -0.05) is 18.2 Å². The van der Waals surface area contributed by atoms with Crippen LogP contribution in [0.5, 0.6) is 0 Å². The van der Waals surface area contributed by atoms with E-state index in [-0.39, 0.29) is 31.3 Å². The number of fused-ring (bicyclic) bond motifs is 1. The number of benzene rings is 1. The summed E-state index contributed by atoms with van der Waals surface area (Å²) in [7, 11) is 0. The van der Waals surface area contributed by atoms with E-state index in [4.69, 9.17) is 5.11 Å². The molecule has 1 heterocycles. The molecule has 0 aliphatic carbocycles. The lowest BCUT2D eigenvalue weighted by Crippen LogP contribution is -2.41. The Morgan fingerprint density at radius 2 is 2.05 bits per heavy atom. The van der Waals surface area contributed by atoms with Crippen molar-refractivity contribution in [2.75, 3.05) is 19.6 Å². The molecule has 2 rings (SSSR count). The highest BCUT2D eigenvalue weighted by Crippen LogP contribution is 2.22. The van der Waals surface area contributed by atoms with Crippen LogP contribution >= 0.6 is 0 Å². The third-order valence-electron chi connectivity index (χ3n) is 3.55. The van der Waals surface area contributed by atoms with Gasteiger partial charge in [-0.05, 0) is 18.6 Å². The minimum atomic E-state index is -0.939. The summed E-state index contributed by atoms with van der Waals surface area (Å²) in [4.78, 5) is 37.9. The Balaban J connectivity index is 1.97. The minimum Gasteiger partial charge on any atom is -0.481 e. The maximum atomic E-state index is 12.2. The Bertz CT molecular complexity index is 571. The van der Waals surface area contributed by atoms with Crippen LogP contribution in [0.3, 0.4) is 0 Å². The van der Waals surface area contributed by atoms with Gasteiger partial charge in [0, 0.05) is 25.2 Å². The summed E-state index contributed by atoms with van der Waals surface area (Å²) >= 11 is 0. The summed E-state index contributed by atoms with van der Waals surface area (Å²) < 4.78 is 0. The van der Waals surface area contributed by atoms with Crippen LogP contribution in [0.1, 0.15) is 29.3 Å². The first-order valence-corrected chi connectivity index (χ1v) is 6.89. The molecule has 1 aromatic carbocycles. The second kappa shape index (κ2) is 6.39. The molecule has 1 aliphatic rings. The van der Waals surface area contributed by atoms with Gasteiger partial charge in [0.2, 0.25) is 5.91 Å². The van der Waals surface area contributed by atoms with Crippen molar-refractivity contribution in [2.45, 2.75) is 19.9 Å². The first-order chi connectivity index (χ1) is 10.0. The molecular formula is C15H18N2O4. The molecule has 0 aromatic heterocycles. The number of carbonyl (C=O) groups excluding carboxylic acids is 2. The van der Waals surface area contributed by atoms with E-state index in [2.05, 4.69) is 0 Å². The summed E-state index contributed by atoms with van der Waals surface area (Å²) in [6.45, 7) is 2.80. The minimum absolute atomic E-state index is 0.0129. The summed E-state index contributed by atoms with van der Waals surface area (Å²) in [5.74, 6) is -1.31. The summed E-state index contributed by atoms with van der Waals surface area (Å²) in [5.41, 5.74) is 1.56. The fraction of sp³-hybridized carbons (Fsp3) is 0.400. The van der Waals surface area contributed by atoms with E-state index >= 15 is 0 Å². The summed E-state index contributed by atoms with van der Waals surface area (Å²) in [5, 5.41) is 8.68. The molecule has 0 saturated heterocycles. The predicted octanol–water partition coefficient (Wildman–Crippen LogP) is 0.966. The van der Waals surface area contributed by atoms with Gasteiger partial charge in [-0.15, -0.1) is 0 Å². The fourth-order valence-electron chi connectivity index (χ4n) is 2.40. The van der Waals surface area contributed by atoms with Crippen molar-refractivity contribution in [3.05, 3.63) is 35.4 Å². The number of rotatable bonds is 6. The molecule has 0 unspecified atom stereocenters. The van der Waals surface area contributed by atoms with E-state index in [9.17, 15) is 14.4 Å². The van der Waals surface area contributed by atoms with Crippen LogP contribution in [0.2, 0.25) is 0 Å². The van der Waals surface area contributed by atoms with E-state index in [0.29, 0.717) is 18.7 Å². The van der Waals surface area contributed by atoms with Gasteiger partial charge in [-0.2, -0.15) is 0 Å². The highest BCUT2D eigenvalue weighted by atomic mass is 16.4. The van der Waals surface area contributed by atoms with Gasteiger partial charge in [0.1, 0.15) is 6.54 Å². The molecule has 1 aliphatic heterocycles. The molecule has 2 amide bonds. The number of carboxylic acid groups (broad SMARTS) is 1. The summed E-state index contributed by atoms with van der Waals surface area (Å²) in [6.07, 6.45) is -0.0895. The van der Waals surface area contributed by atoms with E-state index in [1.54, 1.807) is 19.1 Å². The molecule has 112 valence electrons. The molecule has 0 saturated carbocycles. The average molecular weight is 290 g/mol. The largest absolute Gasteiger partial charge is 0.481 e. The second-order valence-corrected chi connectivity index (χ2v) is 4.94. The molecule has 0 spiro atoms. The van der Waals surface area contributed by atoms with Gasteiger partial charge < -0.3 is 14.9 Å². The van der Waals surface area contributed by atoms with E-state index in [0.717, 1.165) is 5.56 Å². The molecule has 1 aromatic rings. The van der Waals surface area contributed by atoms with E-state index < -0.39 is 5.97 Å². The first-order valence-electron chi connectivity index (χ1n) is 6.89. The SMILES string of the molecule is CCN(CCC(=O)O)C(=O)CN1Cc2ccccc2C1=O. The Morgan fingerprint density at radius 1 is 1.33 bits per heavy atom. The maximum absolute atomic E-state index is 12.2. The highest BCUT2D eigenvalue weighted by Gasteiger charge is 2.29. The number of hydrogen-bond donors (Lipinski definition) is 1. The van der Waals surface area contributed by atoms with Crippen LogP contribution < -0.4 is 0 Å². The number of nitrogens with zero attached hydrogens (tertiary/aromatic N) is 2. The standard InChI is InChI=1S/C15H18N2O4/c1-2-16(8-7-14(19)20)13(18)10-17-9-11-5-3-4-6-12(11)15(17)21/h3-6H,2,7-10H2,1H3,(H,19,20). The van der Waals surface area contributed by atoms with Gasteiger partial charge in [-0.3, -0.25) is 14.4 Å². The number of aliphatic carboxylic acids is 1. The van der Waals surface area contributed by atoms with Crippen LogP contribution in [0.15, 0.2) is 24.3 Å². The Morgan fingerprint density at radius 3 is 2.67 bits per heavy atom. The van der Waals surface area contributed by atoms with Crippen molar-refractivity contribution in [3.8, 4) is 0 Å². The van der Waals surface area contributed by atoms with Gasteiger partial charge in [0.15, 0.2) is 0 Å². The molecule has 6 nitrogen and oxygen atoms in total. The zero-order valence-corrected chi connectivity index (χ0v) is 11.9. The van der Waals surface area contributed by atoms with Crippen LogP contribution in [0.25, 0.3) is 0 Å². The van der Waals surface area contributed by atoms with Crippen molar-refractivity contribution in [1.82, 2.24) is 9.80 Å². The average Bonchev–Trinajstić information content (AvgIpc) is 2.76. The highest BCUT2D eigenvalue weighted by molar-refractivity contribution is 6.00. The van der Waals surface area contributed by atoms with Gasteiger partial charge in [-0.25, -0.2) is 0 Å². The monoisotopic (exact) mass is 290 g/mol. The summed E-state index contributed by atoms with van der Waals surface area (Å²) in [6, 6.07) is 7.29. The fourth-order valence-corrected chi connectivity index (χ4v) is 2.40. The normalized spacial score (nSPS) is 13.2. The van der Waals surface area contributed by atoms with Gasteiger partial charge in [0.05, 0.1) is 6.42 Å². The lowest BCUT2D eigenvalue weighted by atomic mass is 10.1. The van der Waals surface area contributed by atoms with Crippen LogP contribution in [-0.2, 0) is 16.1 Å². The molecule has 21 heavy (non-hydrogen) atoms. The Labute approximate surface area is 123 Å². The van der Waals surface area contributed by atoms with Crippen LogP contribution in [-0.4, -0.2) is 52.3 Å². The first kappa shape index (κ1) is 15.0. The number of hydrogen-bond acceptors (Lipinski definition) is 3. The molecule has 0 radical (unpaired) electrons. The maximum Gasteiger partial charge on any atom is 0.305 e. The van der Waals surface area contributed by atoms with Crippen molar-refractivity contribution in [2.24, 2.45) is 0 Å². The van der Waals surface area contributed by atoms with Gasteiger partial charge in [0.25, 0.3) is 5.91 Å². The van der Waals surface area contributed by atoms with E-state index in [1.165, 1.54) is 9.80 Å². The smallest absolute Gasteiger partial charge is 0.305 e. The van der Waals surface area contributed by atoms with Crippen LogP contribution in [0, 0.1) is 0 Å². The zero-order chi connectivity index (χ0) is 15.4. The molecular weight excluding hydrogens is 272 g/mol. The number of carboxylic acids is 1. The second-order valence-electron chi connectivity index (χ2n) is 4.94. The quantitative estimate of drug-likeness (QED) is 0.846. The zero-order valence-electron chi connectivity index (χ0n) is 11.9. The Hall–Kier alpha value is -2.37. The third kappa shape index (κ3) is 3.39. The van der Waals surface area contributed by atoms with Crippen LogP contribution in [0.4, 0.5) is 0 Å². The Kier molecular flexibility index (Phi) is 4.57. The van der Waals surface area contributed by atoms with Crippen molar-refractivity contribution in [3.63, 3.8) is 0 Å². The van der Waals surface area contributed by atoms with Gasteiger partial charge >= 0.3 is 5.97 Å². The predicted molar refractivity (Wildman–Crippen MR) is 75.7 cm³/mol. The van der Waals surface area contributed by atoms with Crippen molar-refractivity contribution in [1.29, 1.82) is 0 Å². The lowest BCUT2D eigenvalue weighted by Gasteiger charge is -2.23. The molecule has 0 fully saturated rings. The lowest BCUT2D eigenvalue weighted by molar-refractivity contribution is -0.138. The molecule has 1 N–H and O–H groups in total. The van der Waals surface area contributed by atoms with Crippen molar-refractivity contribution < 1.29 is 19.5 Å². The molecule has 6 heteroatoms. The molecule has 0 bridgehead atoms. The van der Waals surface area contributed by atoms with E-state index in [1.807, 2.05) is 12.1 Å². The molecule has 0 atom stereocenters. The van der Waals surface area contributed by atoms with Crippen molar-refractivity contribution >= 4 is 17.8 Å².